The molecule has 0 bridgehead atoms. The van der Waals surface area contributed by atoms with E-state index in [-0.39, 0.29) is 10.7 Å². The van der Waals surface area contributed by atoms with Crippen LogP contribution in [0.1, 0.15) is 19.4 Å². The molecular weight excluding hydrogens is 486 g/mol. The number of thiocarbonyl (C=S) groups is 1. The average Bonchev–Trinajstić information content (AvgIpc) is 2.91. The molecule has 1 N–H and O–H groups in total. The van der Waals surface area contributed by atoms with Gasteiger partial charge in [0.05, 0.1) is 5.69 Å². The maximum Gasteiger partial charge on any atom is 0.270 e. The van der Waals surface area contributed by atoms with Gasteiger partial charge in [0.1, 0.15) is 29.4 Å². The van der Waals surface area contributed by atoms with Gasteiger partial charge in [-0.15, -0.1) is 0 Å². The summed E-state index contributed by atoms with van der Waals surface area (Å²) in [7, 11) is 0. The van der Waals surface area contributed by atoms with E-state index in [0.29, 0.717) is 35.1 Å². The van der Waals surface area contributed by atoms with Gasteiger partial charge in [-0.1, -0.05) is 50.2 Å². The molecule has 1 aliphatic rings. The molecule has 7 nitrogen and oxygen atoms in total. The standard InChI is InChI=1S/C29H29N3O4S/c1-3-31(4-2)18-19-35-26-13-9-8-10-21(26)20-25-27(33)30-29(37)32(28(25)34)22-14-16-24(17-15-22)36-23-11-6-5-7-12-23/h5-17,20H,3-4,18-19H2,1-2H3,(H,30,33,37). The number of carbonyl (C=O) groups is 2. The molecule has 1 heterocycles. The molecule has 0 aromatic heterocycles. The SMILES string of the molecule is CCN(CC)CCOc1ccccc1C=C1C(=O)NC(=S)N(c2ccc(Oc3ccccc3)cc2)C1=O. The molecule has 4 rings (SSSR count). The van der Waals surface area contributed by atoms with Crippen LogP contribution < -0.4 is 19.7 Å². The van der Waals surface area contributed by atoms with Crippen molar-refractivity contribution >= 4 is 40.9 Å². The molecule has 3 aromatic rings. The number of nitrogens with zero attached hydrogens (tertiary/aromatic N) is 2. The van der Waals surface area contributed by atoms with Crippen molar-refractivity contribution in [3.8, 4) is 17.2 Å². The molecule has 0 aliphatic carbocycles. The first kappa shape index (κ1) is 26.1. The quantitative estimate of drug-likeness (QED) is 0.232. The fourth-order valence-corrected chi connectivity index (χ4v) is 4.17. The van der Waals surface area contributed by atoms with Gasteiger partial charge in [-0.05, 0) is 73.8 Å². The minimum Gasteiger partial charge on any atom is -0.492 e. The zero-order valence-corrected chi connectivity index (χ0v) is 21.7. The molecule has 0 spiro atoms. The maximum atomic E-state index is 13.5. The lowest BCUT2D eigenvalue weighted by molar-refractivity contribution is -0.122. The van der Waals surface area contributed by atoms with Gasteiger partial charge in [0.15, 0.2) is 5.11 Å². The van der Waals surface area contributed by atoms with Crippen LogP contribution in [-0.4, -0.2) is 48.1 Å². The van der Waals surface area contributed by atoms with Gasteiger partial charge in [0.25, 0.3) is 11.8 Å². The average molecular weight is 516 g/mol. The normalized spacial score (nSPS) is 14.7. The molecule has 0 saturated carbocycles. The summed E-state index contributed by atoms with van der Waals surface area (Å²) >= 11 is 5.33. The highest BCUT2D eigenvalue weighted by molar-refractivity contribution is 7.80. The van der Waals surface area contributed by atoms with Crippen LogP contribution in [0.15, 0.2) is 84.4 Å². The number of nitrogens with one attached hydrogen (secondary N) is 1. The molecule has 1 saturated heterocycles. The number of para-hydroxylation sites is 2. The smallest absolute Gasteiger partial charge is 0.270 e. The van der Waals surface area contributed by atoms with E-state index in [2.05, 4.69) is 24.1 Å². The molecule has 0 atom stereocenters. The van der Waals surface area contributed by atoms with Crippen LogP contribution in [0.3, 0.4) is 0 Å². The lowest BCUT2D eigenvalue weighted by Gasteiger charge is -2.29. The van der Waals surface area contributed by atoms with Crippen LogP contribution in [0, 0.1) is 0 Å². The predicted octanol–water partition coefficient (Wildman–Crippen LogP) is 5.03. The number of likely N-dealkylation sites (N-methyl/N-ethyl adjacent to an activating group) is 1. The Morgan fingerprint density at radius 2 is 1.54 bits per heavy atom. The number of amides is 2. The minimum absolute atomic E-state index is 0.0210. The summed E-state index contributed by atoms with van der Waals surface area (Å²) in [4.78, 5) is 29.8. The van der Waals surface area contributed by atoms with E-state index in [0.717, 1.165) is 19.6 Å². The van der Waals surface area contributed by atoms with E-state index in [1.54, 1.807) is 30.3 Å². The number of benzene rings is 3. The van der Waals surface area contributed by atoms with Crippen molar-refractivity contribution < 1.29 is 19.1 Å². The van der Waals surface area contributed by atoms with Crippen molar-refractivity contribution in [1.82, 2.24) is 10.2 Å². The Morgan fingerprint density at radius 3 is 2.24 bits per heavy atom. The van der Waals surface area contributed by atoms with Crippen molar-refractivity contribution in [3.63, 3.8) is 0 Å². The lowest BCUT2D eigenvalue weighted by Crippen LogP contribution is -2.54. The second-order valence-corrected chi connectivity index (χ2v) is 8.67. The van der Waals surface area contributed by atoms with Gasteiger partial charge in [-0.2, -0.15) is 0 Å². The highest BCUT2D eigenvalue weighted by Crippen LogP contribution is 2.28. The molecule has 2 amide bonds. The van der Waals surface area contributed by atoms with Crippen molar-refractivity contribution in [2.24, 2.45) is 0 Å². The zero-order chi connectivity index (χ0) is 26.2. The van der Waals surface area contributed by atoms with E-state index in [4.69, 9.17) is 21.7 Å². The molecule has 1 fully saturated rings. The first-order chi connectivity index (χ1) is 18.0. The van der Waals surface area contributed by atoms with Gasteiger partial charge < -0.3 is 14.4 Å². The van der Waals surface area contributed by atoms with Crippen LogP contribution in [0.4, 0.5) is 5.69 Å². The summed E-state index contributed by atoms with van der Waals surface area (Å²) in [6, 6.07) is 23.7. The highest BCUT2D eigenvalue weighted by Gasteiger charge is 2.34. The predicted molar refractivity (Wildman–Crippen MR) is 149 cm³/mol. The summed E-state index contributed by atoms with van der Waals surface area (Å²) in [5.74, 6) is 0.859. The molecule has 3 aromatic carbocycles. The van der Waals surface area contributed by atoms with Gasteiger partial charge in [-0.25, -0.2) is 0 Å². The minimum atomic E-state index is -0.548. The van der Waals surface area contributed by atoms with Crippen molar-refractivity contribution in [3.05, 3.63) is 90.0 Å². The number of hydrogen-bond acceptors (Lipinski definition) is 6. The van der Waals surface area contributed by atoms with E-state index in [1.807, 2.05) is 54.6 Å². The number of anilines is 1. The van der Waals surface area contributed by atoms with Crippen molar-refractivity contribution in [2.45, 2.75) is 13.8 Å². The molecule has 0 unspecified atom stereocenters. The Labute approximate surface area is 222 Å². The third-order valence-electron chi connectivity index (χ3n) is 5.95. The molecule has 190 valence electrons. The summed E-state index contributed by atoms with van der Waals surface area (Å²) in [6.07, 6.45) is 1.55. The largest absolute Gasteiger partial charge is 0.492 e. The Hall–Kier alpha value is -4.01. The fourth-order valence-electron chi connectivity index (χ4n) is 3.89. The van der Waals surface area contributed by atoms with Crippen LogP contribution in [0.2, 0.25) is 0 Å². The topological polar surface area (TPSA) is 71.1 Å². The third-order valence-corrected chi connectivity index (χ3v) is 6.24. The summed E-state index contributed by atoms with van der Waals surface area (Å²) in [6.45, 7) is 7.37. The molecule has 8 heteroatoms. The first-order valence-electron chi connectivity index (χ1n) is 12.2. The third kappa shape index (κ3) is 6.41. The molecule has 1 aliphatic heterocycles. The summed E-state index contributed by atoms with van der Waals surface area (Å²) in [5.41, 5.74) is 1.13. The molecular formula is C29H29N3O4S. The summed E-state index contributed by atoms with van der Waals surface area (Å²) < 4.78 is 11.8. The van der Waals surface area contributed by atoms with Gasteiger partial charge >= 0.3 is 0 Å². The maximum absolute atomic E-state index is 13.5. The van der Waals surface area contributed by atoms with Gasteiger partial charge in [-0.3, -0.25) is 19.8 Å². The van der Waals surface area contributed by atoms with E-state index in [1.165, 1.54) is 4.90 Å². The number of rotatable bonds is 10. The van der Waals surface area contributed by atoms with Crippen LogP contribution in [0.25, 0.3) is 6.08 Å². The fraction of sp³-hybridized carbons (Fsp3) is 0.207. The van der Waals surface area contributed by atoms with Crippen molar-refractivity contribution in [1.29, 1.82) is 0 Å². The number of carbonyl (C=O) groups excluding carboxylic acids is 2. The Morgan fingerprint density at radius 1 is 0.892 bits per heavy atom. The van der Waals surface area contributed by atoms with Crippen LogP contribution in [0.5, 0.6) is 17.2 Å². The zero-order valence-electron chi connectivity index (χ0n) is 20.8. The van der Waals surface area contributed by atoms with Crippen LogP contribution >= 0.6 is 12.2 Å². The highest BCUT2D eigenvalue weighted by atomic mass is 32.1. The Bertz CT molecular complexity index is 1290. The Balaban J connectivity index is 1.54. The Kier molecular flexibility index (Phi) is 8.66. The van der Waals surface area contributed by atoms with E-state index in [9.17, 15) is 9.59 Å². The lowest BCUT2D eigenvalue weighted by atomic mass is 10.1. The number of ether oxygens (including phenoxy) is 2. The van der Waals surface area contributed by atoms with Crippen LogP contribution in [-0.2, 0) is 9.59 Å². The molecule has 0 radical (unpaired) electrons. The second kappa shape index (κ2) is 12.3. The van der Waals surface area contributed by atoms with Gasteiger partial charge in [0, 0.05) is 12.1 Å². The number of hydrogen-bond donors (Lipinski definition) is 1. The summed E-state index contributed by atoms with van der Waals surface area (Å²) in [5, 5.41) is 2.65. The second-order valence-electron chi connectivity index (χ2n) is 8.28. The molecule has 37 heavy (non-hydrogen) atoms. The van der Waals surface area contributed by atoms with E-state index >= 15 is 0 Å². The van der Waals surface area contributed by atoms with Crippen molar-refractivity contribution in [2.75, 3.05) is 31.1 Å². The first-order valence-corrected chi connectivity index (χ1v) is 12.6. The van der Waals surface area contributed by atoms with E-state index < -0.39 is 11.8 Å². The van der Waals surface area contributed by atoms with Gasteiger partial charge in [0.2, 0.25) is 0 Å². The monoisotopic (exact) mass is 515 g/mol.